The molecule has 0 bridgehead atoms. The van der Waals surface area contributed by atoms with Gasteiger partial charge in [0.25, 0.3) is 0 Å². The Morgan fingerprint density at radius 2 is 2.00 bits per heavy atom. The maximum absolute atomic E-state index is 11.9. The molecular formula is C11H13ClN4O2S. The Bertz CT molecular complexity index is 652. The number of nitrogen functional groups attached to an aromatic ring is 1. The lowest BCUT2D eigenvalue weighted by atomic mass is 10.2. The standard InChI is InChI=1S/C11H13ClN4O2S/c12-9-3-1-8(2-4-9)5-6-15-19(17,18)10-7-14-16-11(10)13/h1-4,7,15H,5-6H2,(H3,13,14,16). The van der Waals surface area contributed by atoms with Crippen LogP contribution in [0.15, 0.2) is 35.4 Å². The van der Waals surface area contributed by atoms with Crippen LogP contribution >= 0.6 is 11.6 Å². The van der Waals surface area contributed by atoms with Gasteiger partial charge in [0.2, 0.25) is 10.0 Å². The number of rotatable bonds is 5. The summed E-state index contributed by atoms with van der Waals surface area (Å²) in [6.07, 6.45) is 1.74. The highest BCUT2D eigenvalue weighted by Crippen LogP contribution is 2.14. The second-order valence-electron chi connectivity index (χ2n) is 3.92. The van der Waals surface area contributed by atoms with Gasteiger partial charge in [0.1, 0.15) is 10.7 Å². The van der Waals surface area contributed by atoms with Crippen molar-refractivity contribution in [1.29, 1.82) is 0 Å². The van der Waals surface area contributed by atoms with E-state index < -0.39 is 10.0 Å². The predicted octanol–water partition coefficient (Wildman–Crippen LogP) is 1.17. The van der Waals surface area contributed by atoms with Crippen molar-refractivity contribution in [3.63, 3.8) is 0 Å². The van der Waals surface area contributed by atoms with Gasteiger partial charge in [0, 0.05) is 11.6 Å². The quantitative estimate of drug-likeness (QED) is 0.771. The molecule has 0 aliphatic rings. The fourth-order valence-electron chi connectivity index (χ4n) is 1.56. The smallest absolute Gasteiger partial charge is 0.245 e. The van der Waals surface area contributed by atoms with Gasteiger partial charge in [-0.25, -0.2) is 13.1 Å². The van der Waals surface area contributed by atoms with Crippen molar-refractivity contribution in [2.45, 2.75) is 11.3 Å². The highest BCUT2D eigenvalue weighted by atomic mass is 35.5. The van der Waals surface area contributed by atoms with Crippen molar-refractivity contribution in [2.75, 3.05) is 12.3 Å². The van der Waals surface area contributed by atoms with Gasteiger partial charge in [0.15, 0.2) is 0 Å². The zero-order chi connectivity index (χ0) is 13.9. The fourth-order valence-corrected chi connectivity index (χ4v) is 2.74. The molecule has 1 aromatic heterocycles. The van der Waals surface area contributed by atoms with Crippen LogP contribution in [-0.2, 0) is 16.4 Å². The van der Waals surface area contributed by atoms with Crippen LogP contribution in [-0.4, -0.2) is 25.2 Å². The zero-order valence-electron chi connectivity index (χ0n) is 9.93. The number of nitrogens with zero attached hydrogens (tertiary/aromatic N) is 1. The summed E-state index contributed by atoms with van der Waals surface area (Å²) in [4.78, 5) is -0.0383. The van der Waals surface area contributed by atoms with Gasteiger partial charge in [-0.2, -0.15) is 5.10 Å². The minimum Gasteiger partial charge on any atom is -0.383 e. The number of benzene rings is 1. The van der Waals surface area contributed by atoms with Crippen LogP contribution in [0, 0.1) is 0 Å². The molecule has 0 amide bonds. The number of halogens is 1. The molecule has 0 spiro atoms. The summed E-state index contributed by atoms with van der Waals surface area (Å²) in [6, 6.07) is 7.23. The Morgan fingerprint density at radius 3 is 2.58 bits per heavy atom. The van der Waals surface area contributed by atoms with Crippen LogP contribution in [0.3, 0.4) is 0 Å². The summed E-state index contributed by atoms with van der Waals surface area (Å²) < 4.78 is 26.2. The van der Waals surface area contributed by atoms with E-state index in [0.29, 0.717) is 11.4 Å². The van der Waals surface area contributed by atoms with E-state index in [4.69, 9.17) is 17.3 Å². The van der Waals surface area contributed by atoms with Crippen molar-refractivity contribution < 1.29 is 8.42 Å². The Balaban J connectivity index is 1.96. The van der Waals surface area contributed by atoms with E-state index >= 15 is 0 Å². The molecule has 0 fully saturated rings. The number of H-pyrrole nitrogens is 1. The van der Waals surface area contributed by atoms with Gasteiger partial charge < -0.3 is 5.73 Å². The first-order valence-electron chi connectivity index (χ1n) is 5.52. The van der Waals surface area contributed by atoms with Crippen molar-refractivity contribution >= 4 is 27.4 Å². The number of nitrogens with two attached hydrogens (primary N) is 1. The Kier molecular flexibility index (Phi) is 4.08. The maximum Gasteiger partial charge on any atom is 0.245 e. The number of aromatic nitrogens is 2. The van der Waals surface area contributed by atoms with Gasteiger partial charge in [-0.15, -0.1) is 0 Å². The Labute approximate surface area is 116 Å². The van der Waals surface area contributed by atoms with Crippen LogP contribution in [0.1, 0.15) is 5.56 Å². The van der Waals surface area contributed by atoms with E-state index in [1.807, 2.05) is 12.1 Å². The third-order valence-electron chi connectivity index (χ3n) is 2.54. The van der Waals surface area contributed by atoms with Crippen molar-refractivity contribution in [3.8, 4) is 0 Å². The number of sulfonamides is 1. The fraction of sp³-hybridized carbons (Fsp3) is 0.182. The van der Waals surface area contributed by atoms with Gasteiger partial charge in [-0.1, -0.05) is 23.7 Å². The number of anilines is 1. The second kappa shape index (κ2) is 5.60. The van der Waals surface area contributed by atoms with Crippen molar-refractivity contribution in [3.05, 3.63) is 41.0 Å². The highest BCUT2D eigenvalue weighted by molar-refractivity contribution is 7.89. The molecule has 6 nitrogen and oxygen atoms in total. The summed E-state index contributed by atoms with van der Waals surface area (Å²) in [7, 11) is -3.62. The molecule has 0 saturated carbocycles. The molecule has 2 rings (SSSR count). The molecule has 0 aliphatic carbocycles. The first-order valence-corrected chi connectivity index (χ1v) is 7.38. The molecule has 0 aliphatic heterocycles. The lowest BCUT2D eigenvalue weighted by Crippen LogP contribution is -2.26. The molecule has 0 saturated heterocycles. The van der Waals surface area contributed by atoms with E-state index in [1.54, 1.807) is 12.1 Å². The molecule has 0 unspecified atom stereocenters. The zero-order valence-corrected chi connectivity index (χ0v) is 11.5. The first kappa shape index (κ1) is 13.9. The number of hydrogen-bond acceptors (Lipinski definition) is 4. The third-order valence-corrected chi connectivity index (χ3v) is 4.28. The van der Waals surface area contributed by atoms with Crippen molar-refractivity contribution in [2.24, 2.45) is 0 Å². The number of aromatic amines is 1. The van der Waals surface area contributed by atoms with E-state index in [-0.39, 0.29) is 17.3 Å². The summed E-state index contributed by atoms with van der Waals surface area (Å²) in [5.74, 6) is 0.0268. The highest BCUT2D eigenvalue weighted by Gasteiger charge is 2.18. The summed E-state index contributed by atoms with van der Waals surface area (Å²) >= 11 is 5.77. The van der Waals surface area contributed by atoms with E-state index in [9.17, 15) is 8.42 Å². The minimum absolute atomic E-state index is 0.0268. The van der Waals surface area contributed by atoms with Crippen molar-refractivity contribution in [1.82, 2.24) is 14.9 Å². The predicted molar refractivity (Wildman–Crippen MR) is 73.3 cm³/mol. The summed E-state index contributed by atoms with van der Waals surface area (Å²) in [6.45, 7) is 0.272. The SMILES string of the molecule is Nc1[nH]ncc1S(=O)(=O)NCCc1ccc(Cl)cc1. The first-order chi connectivity index (χ1) is 8.99. The van der Waals surface area contributed by atoms with E-state index in [2.05, 4.69) is 14.9 Å². The second-order valence-corrected chi connectivity index (χ2v) is 6.09. The van der Waals surface area contributed by atoms with Gasteiger partial charge in [-0.3, -0.25) is 5.10 Å². The molecule has 2 aromatic rings. The van der Waals surface area contributed by atoms with Crippen LogP contribution in [0.4, 0.5) is 5.82 Å². The molecular weight excluding hydrogens is 288 g/mol. The van der Waals surface area contributed by atoms with Crippen LogP contribution in [0.25, 0.3) is 0 Å². The molecule has 0 radical (unpaired) electrons. The minimum atomic E-state index is -3.62. The molecule has 1 aromatic carbocycles. The van der Waals surface area contributed by atoms with E-state index in [1.165, 1.54) is 6.20 Å². The normalized spacial score (nSPS) is 11.6. The Morgan fingerprint density at radius 1 is 1.32 bits per heavy atom. The van der Waals surface area contributed by atoms with Crippen LogP contribution in [0.5, 0.6) is 0 Å². The average Bonchev–Trinajstić information content (AvgIpc) is 2.79. The number of nitrogens with one attached hydrogen (secondary N) is 2. The summed E-state index contributed by atoms with van der Waals surface area (Å²) in [5.41, 5.74) is 6.47. The monoisotopic (exact) mass is 300 g/mol. The lowest BCUT2D eigenvalue weighted by molar-refractivity contribution is 0.582. The van der Waals surface area contributed by atoms with Gasteiger partial charge >= 0.3 is 0 Å². The topological polar surface area (TPSA) is 101 Å². The summed E-state index contributed by atoms with van der Waals surface area (Å²) in [5, 5.41) is 6.61. The molecule has 102 valence electrons. The van der Waals surface area contributed by atoms with E-state index in [0.717, 1.165) is 5.56 Å². The third kappa shape index (κ3) is 3.46. The average molecular weight is 301 g/mol. The lowest BCUT2D eigenvalue weighted by Gasteiger charge is -2.05. The maximum atomic E-state index is 11.9. The Hall–Kier alpha value is -1.57. The largest absolute Gasteiger partial charge is 0.383 e. The molecule has 4 N–H and O–H groups in total. The van der Waals surface area contributed by atoms with Gasteiger partial charge in [-0.05, 0) is 24.1 Å². The number of hydrogen-bond donors (Lipinski definition) is 3. The molecule has 8 heteroatoms. The molecule has 0 atom stereocenters. The van der Waals surface area contributed by atoms with Crippen LogP contribution < -0.4 is 10.5 Å². The van der Waals surface area contributed by atoms with Crippen LogP contribution in [0.2, 0.25) is 5.02 Å². The molecule has 1 heterocycles. The van der Waals surface area contributed by atoms with Gasteiger partial charge in [0.05, 0.1) is 6.20 Å². The molecule has 19 heavy (non-hydrogen) atoms.